The lowest BCUT2D eigenvalue weighted by Crippen LogP contribution is -2.55. The second-order valence-electron chi connectivity index (χ2n) is 7.32. The van der Waals surface area contributed by atoms with Gasteiger partial charge in [0.05, 0.1) is 18.8 Å². The number of piperidine rings is 1. The van der Waals surface area contributed by atoms with Crippen LogP contribution in [0.15, 0.2) is 36.4 Å². The van der Waals surface area contributed by atoms with E-state index < -0.39 is 0 Å². The van der Waals surface area contributed by atoms with Gasteiger partial charge in [0.15, 0.2) is 0 Å². The van der Waals surface area contributed by atoms with Crippen LogP contribution in [0.5, 0.6) is 5.75 Å². The Hall–Kier alpha value is -1.62. The van der Waals surface area contributed by atoms with Gasteiger partial charge in [0.1, 0.15) is 5.75 Å². The Bertz CT molecular complexity index is 737. The minimum absolute atomic E-state index is 0.295. The summed E-state index contributed by atoms with van der Waals surface area (Å²) in [6.07, 6.45) is 3.39. The number of likely N-dealkylation sites (tertiary alicyclic amines) is 1. The number of ether oxygens (including phenoxy) is 2. The summed E-state index contributed by atoms with van der Waals surface area (Å²) in [6.45, 7) is 3.66. The minimum Gasteiger partial charge on any atom is -0.496 e. The number of aliphatic hydroxyl groups excluding tert-OH is 1. The first-order valence-corrected chi connectivity index (χ1v) is 9.31. The van der Waals surface area contributed by atoms with E-state index in [1.165, 1.54) is 16.3 Å². The molecule has 2 aliphatic heterocycles. The summed E-state index contributed by atoms with van der Waals surface area (Å²) in [5.41, 5.74) is 1.04. The second kappa shape index (κ2) is 6.94. The number of rotatable bonds is 3. The van der Waals surface area contributed by atoms with Crippen molar-refractivity contribution in [1.29, 1.82) is 0 Å². The van der Waals surface area contributed by atoms with E-state index in [0.717, 1.165) is 57.7 Å². The zero-order valence-electron chi connectivity index (χ0n) is 14.9. The van der Waals surface area contributed by atoms with E-state index in [1.54, 1.807) is 7.11 Å². The summed E-state index contributed by atoms with van der Waals surface area (Å²) in [6, 6.07) is 12.7. The first-order valence-electron chi connectivity index (χ1n) is 9.31. The van der Waals surface area contributed by atoms with Gasteiger partial charge in [-0.05, 0) is 42.7 Å². The molecule has 4 heteroatoms. The monoisotopic (exact) mass is 341 g/mol. The van der Waals surface area contributed by atoms with Gasteiger partial charge in [-0.1, -0.05) is 30.3 Å². The van der Waals surface area contributed by atoms with Crippen molar-refractivity contribution in [3.8, 4) is 5.75 Å². The smallest absolute Gasteiger partial charge is 0.126 e. The fraction of sp³-hybridized carbons (Fsp3) is 0.524. The number of benzene rings is 2. The van der Waals surface area contributed by atoms with Crippen molar-refractivity contribution in [1.82, 2.24) is 4.90 Å². The van der Waals surface area contributed by atoms with Crippen molar-refractivity contribution >= 4 is 10.8 Å². The van der Waals surface area contributed by atoms with Crippen molar-refractivity contribution < 1.29 is 14.6 Å². The molecular formula is C21H27NO3. The molecule has 0 unspecified atom stereocenters. The maximum atomic E-state index is 10.4. The molecule has 2 saturated heterocycles. The molecule has 25 heavy (non-hydrogen) atoms. The largest absolute Gasteiger partial charge is 0.496 e. The standard InChI is InChI=1S/C21H27NO3/c1-24-19-9-8-16(17-5-2-3-6-18(17)19)15-22-12-10-21(11-13-22)20(23)7-4-14-25-21/h2-3,5-6,8-9,20,23H,4,7,10-15H2,1H3/t20-/m1/s1. The summed E-state index contributed by atoms with van der Waals surface area (Å²) in [5.74, 6) is 0.927. The van der Waals surface area contributed by atoms with Crippen LogP contribution in [0.4, 0.5) is 0 Å². The molecule has 0 saturated carbocycles. The summed E-state index contributed by atoms with van der Waals surface area (Å²) >= 11 is 0. The number of hydrogen-bond acceptors (Lipinski definition) is 4. The zero-order chi connectivity index (χ0) is 17.3. The van der Waals surface area contributed by atoms with Crippen LogP contribution in [0.1, 0.15) is 31.2 Å². The lowest BCUT2D eigenvalue weighted by atomic mass is 9.82. The van der Waals surface area contributed by atoms with Gasteiger partial charge in [-0.25, -0.2) is 0 Å². The van der Waals surface area contributed by atoms with Gasteiger partial charge >= 0.3 is 0 Å². The Labute approximate surface area is 149 Å². The van der Waals surface area contributed by atoms with E-state index in [4.69, 9.17) is 9.47 Å². The minimum atomic E-state index is -0.301. The predicted octanol–water partition coefficient (Wildman–Crippen LogP) is 3.35. The van der Waals surface area contributed by atoms with Crippen LogP contribution in [0, 0.1) is 0 Å². The highest BCUT2D eigenvalue weighted by Gasteiger charge is 2.43. The predicted molar refractivity (Wildman–Crippen MR) is 98.9 cm³/mol. The Morgan fingerprint density at radius 3 is 2.64 bits per heavy atom. The van der Waals surface area contributed by atoms with Crippen LogP contribution in [-0.4, -0.2) is 48.5 Å². The molecule has 1 N–H and O–H groups in total. The summed E-state index contributed by atoms with van der Waals surface area (Å²) < 4.78 is 11.5. The molecule has 4 nitrogen and oxygen atoms in total. The summed E-state index contributed by atoms with van der Waals surface area (Å²) in [7, 11) is 1.72. The van der Waals surface area contributed by atoms with Gasteiger partial charge in [0.2, 0.25) is 0 Å². The van der Waals surface area contributed by atoms with Gasteiger partial charge < -0.3 is 14.6 Å². The average Bonchev–Trinajstić information content (AvgIpc) is 2.66. The average molecular weight is 341 g/mol. The van der Waals surface area contributed by atoms with Gasteiger partial charge in [-0.15, -0.1) is 0 Å². The van der Waals surface area contributed by atoms with Crippen LogP contribution < -0.4 is 4.74 Å². The van der Waals surface area contributed by atoms with Crippen LogP contribution in [0.2, 0.25) is 0 Å². The lowest BCUT2D eigenvalue weighted by Gasteiger charge is -2.46. The quantitative estimate of drug-likeness (QED) is 0.930. The normalized spacial score (nSPS) is 23.8. The molecule has 0 amide bonds. The topological polar surface area (TPSA) is 41.9 Å². The molecule has 0 aliphatic carbocycles. The molecule has 4 rings (SSSR count). The third kappa shape index (κ3) is 3.14. The van der Waals surface area contributed by atoms with Crippen molar-refractivity contribution in [2.45, 2.75) is 43.9 Å². The van der Waals surface area contributed by atoms with Crippen molar-refractivity contribution in [3.05, 3.63) is 42.0 Å². The summed E-state index contributed by atoms with van der Waals surface area (Å²) in [4.78, 5) is 2.48. The number of nitrogens with zero attached hydrogens (tertiary/aromatic N) is 1. The Kier molecular flexibility index (Phi) is 4.67. The van der Waals surface area contributed by atoms with E-state index in [0.29, 0.717) is 0 Å². The molecule has 2 fully saturated rings. The van der Waals surface area contributed by atoms with E-state index in [-0.39, 0.29) is 11.7 Å². The molecule has 2 aromatic carbocycles. The van der Waals surface area contributed by atoms with Crippen molar-refractivity contribution in [3.63, 3.8) is 0 Å². The van der Waals surface area contributed by atoms with Gasteiger partial charge in [-0.2, -0.15) is 0 Å². The lowest BCUT2D eigenvalue weighted by molar-refractivity contribution is -0.177. The highest BCUT2D eigenvalue weighted by atomic mass is 16.5. The molecule has 1 spiro atoms. The van der Waals surface area contributed by atoms with Crippen LogP contribution >= 0.6 is 0 Å². The highest BCUT2D eigenvalue weighted by Crippen LogP contribution is 2.36. The fourth-order valence-corrected chi connectivity index (χ4v) is 4.37. The van der Waals surface area contributed by atoms with Crippen molar-refractivity contribution in [2.24, 2.45) is 0 Å². The molecule has 2 aliphatic rings. The van der Waals surface area contributed by atoms with E-state index >= 15 is 0 Å². The third-order valence-electron chi connectivity index (χ3n) is 5.91. The summed E-state index contributed by atoms with van der Waals surface area (Å²) in [5, 5.41) is 12.8. The Morgan fingerprint density at radius 2 is 1.92 bits per heavy atom. The molecule has 134 valence electrons. The van der Waals surface area contributed by atoms with Crippen LogP contribution in [-0.2, 0) is 11.3 Å². The number of aliphatic hydroxyl groups is 1. The SMILES string of the molecule is COc1ccc(CN2CCC3(CC2)OCCC[C@H]3O)c2ccccc12. The van der Waals surface area contributed by atoms with Crippen LogP contribution in [0.25, 0.3) is 10.8 Å². The first kappa shape index (κ1) is 16.8. The number of fused-ring (bicyclic) bond motifs is 1. The molecule has 0 radical (unpaired) electrons. The number of methoxy groups -OCH3 is 1. The molecule has 2 aromatic rings. The van der Waals surface area contributed by atoms with E-state index in [1.807, 2.05) is 0 Å². The Morgan fingerprint density at radius 1 is 1.16 bits per heavy atom. The number of hydrogen-bond donors (Lipinski definition) is 1. The third-order valence-corrected chi connectivity index (χ3v) is 5.91. The van der Waals surface area contributed by atoms with Gasteiger partial charge in [-0.3, -0.25) is 4.90 Å². The fourth-order valence-electron chi connectivity index (χ4n) is 4.37. The van der Waals surface area contributed by atoms with Gasteiger partial charge in [0, 0.05) is 31.6 Å². The van der Waals surface area contributed by atoms with Crippen LogP contribution in [0.3, 0.4) is 0 Å². The Balaban J connectivity index is 1.50. The molecule has 0 aromatic heterocycles. The van der Waals surface area contributed by atoms with E-state index in [2.05, 4.69) is 41.3 Å². The maximum absolute atomic E-state index is 10.4. The first-order chi connectivity index (χ1) is 12.2. The zero-order valence-corrected chi connectivity index (χ0v) is 14.9. The van der Waals surface area contributed by atoms with Gasteiger partial charge in [0.25, 0.3) is 0 Å². The maximum Gasteiger partial charge on any atom is 0.126 e. The van der Waals surface area contributed by atoms with Crippen molar-refractivity contribution in [2.75, 3.05) is 26.8 Å². The molecular weight excluding hydrogens is 314 g/mol. The molecule has 1 atom stereocenters. The molecule has 0 bridgehead atoms. The van der Waals surface area contributed by atoms with E-state index in [9.17, 15) is 5.11 Å². The highest BCUT2D eigenvalue weighted by molar-refractivity contribution is 5.91. The second-order valence-corrected chi connectivity index (χ2v) is 7.32. The molecule has 2 heterocycles.